The zero-order chi connectivity index (χ0) is 31.4. The molecule has 45 heavy (non-hydrogen) atoms. The number of aliphatic hydroxyl groups is 1. The van der Waals surface area contributed by atoms with Crippen molar-refractivity contribution in [2.24, 2.45) is 0 Å². The van der Waals surface area contributed by atoms with Crippen molar-refractivity contribution in [3.63, 3.8) is 0 Å². The van der Waals surface area contributed by atoms with Gasteiger partial charge >= 0.3 is 0 Å². The summed E-state index contributed by atoms with van der Waals surface area (Å²) in [6.07, 6.45) is -0.486. The van der Waals surface area contributed by atoms with Gasteiger partial charge in [-0.1, -0.05) is 91.0 Å². The Hall–Kier alpha value is -4.05. The summed E-state index contributed by atoms with van der Waals surface area (Å²) in [7, 11) is -1.65. The second kappa shape index (κ2) is 13.5. The number of benzene rings is 5. The summed E-state index contributed by atoms with van der Waals surface area (Å²) < 4.78 is 41.8. The third kappa shape index (κ3) is 7.27. The van der Waals surface area contributed by atoms with E-state index in [1.807, 2.05) is 30.3 Å². The van der Waals surface area contributed by atoms with Crippen molar-refractivity contribution in [1.29, 1.82) is 0 Å². The summed E-state index contributed by atoms with van der Waals surface area (Å²) in [6.45, 7) is 2.84. The first-order chi connectivity index (χ1) is 21.8. The molecule has 6 rings (SSSR count). The fourth-order valence-electron chi connectivity index (χ4n) is 5.80. The molecule has 0 radical (unpaired) electrons. The molecule has 4 atom stereocenters. The van der Waals surface area contributed by atoms with Crippen LogP contribution in [0.5, 0.6) is 0 Å². The predicted molar refractivity (Wildman–Crippen MR) is 177 cm³/mol. The van der Waals surface area contributed by atoms with Crippen LogP contribution in [0.2, 0.25) is 0 Å². The molecule has 4 unspecified atom stereocenters. The van der Waals surface area contributed by atoms with E-state index < -0.39 is 16.3 Å². The van der Waals surface area contributed by atoms with Crippen molar-refractivity contribution in [3.8, 4) is 0 Å². The topological polar surface area (TPSA) is 88.1 Å². The molecule has 1 heterocycles. The van der Waals surface area contributed by atoms with Gasteiger partial charge in [-0.25, -0.2) is 8.42 Å². The van der Waals surface area contributed by atoms with Crippen molar-refractivity contribution >= 4 is 26.5 Å². The van der Waals surface area contributed by atoms with Gasteiger partial charge in [0.05, 0.1) is 23.7 Å². The van der Waals surface area contributed by atoms with E-state index in [9.17, 15) is 13.5 Å². The summed E-state index contributed by atoms with van der Waals surface area (Å²) >= 11 is 0. The minimum Gasteiger partial charge on any atom is -0.392 e. The molecule has 1 fully saturated rings. The van der Waals surface area contributed by atoms with Gasteiger partial charge in [-0.3, -0.25) is 9.62 Å². The molecule has 232 valence electrons. The number of nitrogens with zero attached hydrogens (tertiary/aromatic N) is 1. The zero-order valence-electron chi connectivity index (χ0n) is 25.4. The Kier molecular flexibility index (Phi) is 9.30. The lowest BCUT2D eigenvalue weighted by molar-refractivity contribution is -0.253. The number of anilines is 1. The molecule has 1 saturated heterocycles. The van der Waals surface area contributed by atoms with Gasteiger partial charge in [-0.2, -0.15) is 0 Å². The van der Waals surface area contributed by atoms with Crippen LogP contribution >= 0.6 is 0 Å². The van der Waals surface area contributed by atoms with E-state index in [1.165, 1.54) is 16.3 Å². The number of nitrogens with one attached hydrogen (secondary N) is 1. The smallest absolute Gasteiger partial charge is 0.261 e. The van der Waals surface area contributed by atoms with Crippen LogP contribution in [-0.4, -0.2) is 38.1 Å². The van der Waals surface area contributed by atoms with E-state index in [1.54, 1.807) is 48.5 Å². The van der Waals surface area contributed by atoms with Crippen LogP contribution in [0.1, 0.15) is 54.0 Å². The lowest BCUT2D eigenvalue weighted by Gasteiger charge is -2.39. The summed E-state index contributed by atoms with van der Waals surface area (Å²) in [4.78, 5) is 2.49. The molecule has 5 aromatic carbocycles. The van der Waals surface area contributed by atoms with Crippen LogP contribution in [0.3, 0.4) is 0 Å². The van der Waals surface area contributed by atoms with Crippen LogP contribution < -0.4 is 4.72 Å². The number of ether oxygens (including phenoxy) is 2. The van der Waals surface area contributed by atoms with Crippen molar-refractivity contribution in [2.75, 3.05) is 18.3 Å². The molecule has 5 aromatic rings. The second-order valence-corrected chi connectivity index (χ2v) is 13.3. The lowest BCUT2D eigenvalue weighted by atomic mass is 9.98. The van der Waals surface area contributed by atoms with Crippen LogP contribution in [0.4, 0.5) is 5.69 Å². The van der Waals surface area contributed by atoms with Crippen molar-refractivity contribution in [1.82, 2.24) is 4.90 Å². The Labute approximate surface area is 265 Å². The predicted octanol–water partition coefficient (Wildman–Crippen LogP) is 7.37. The summed E-state index contributed by atoms with van der Waals surface area (Å²) in [6, 6.07) is 38.4. The first-order valence-electron chi connectivity index (χ1n) is 15.2. The standard InChI is InChI=1S/C37H38N2O5S/c1-26(30-20-19-28-9-6-7-10-31(28)21-30)39(2)24-34-23-36(29-17-15-27(25-40)16-18-29)44-37(43-34)32-11-8-12-33(22-32)38-45(41,42)35-13-4-3-5-14-35/h3-22,26,34,36-38,40H,23-25H2,1-2H3. The highest BCUT2D eigenvalue weighted by atomic mass is 32.2. The molecule has 7 nitrogen and oxygen atoms in total. The molecule has 0 saturated carbocycles. The van der Waals surface area contributed by atoms with E-state index in [2.05, 4.69) is 66.1 Å². The Bertz CT molecular complexity index is 1850. The molecule has 2 N–H and O–H groups in total. The summed E-state index contributed by atoms with van der Waals surface area (Å²) in [5.41, 5.74) is 4.21. The first kappa shape index (κ1) is 31.0. The number of likely N-dealkylation sites (N-methyl/N-ethyl adjacent to an activating group) is 1. The Morgan fingerprint density at radius 1 is 0.822 bits per heavy atom. The monoisotopic (exact) mass is 622 g/mol. The summed E-state index contributed by atoms with van der Waals surface area (Å²) in [5.74, 6) is 0. The Morgan fingerprint density at radius 2 is 1.56 bits per heavy atom. The van der Waals surface area contributed by atoms with E-state index in [-0.39, 0.29) is 29.8 Å². The van der Waals surface area contributed by atoms with Crippen molar-refractivity contribution < 1.29 is 23.0 Å². The Balaban J connectivity index is 1.24. The van der Waals surface area contributed by atoms with Crippen molar-refractivity contribution in [3.05, 3.63) is 144 Å². The molecular formula is C37H38N2O5S. The third-order valence-electron chi connectivity index (χ3n) is 8.49. The largest absolute Gasteiger partial charge is 0.392 e. The van der Waals surface area contributed by atoms with Gasteiger partial charge in [0, 0.05) is 30.3 Å². The molecule has 0 bridgehead atoms. The van der Waals surface area contributed by atoms with E-state index >= 15 is 0 Å². The molecular weight excluding hydrogens is 584 g/mol. The first-order valence-corrected chi connectivity index (χ1v) is 16.6. The molecule has 1 aliphatic heterocycles. The minimum atomic E-state index is -3.76. The molecule has 1 aliphatic rings. The fraction of sp³-hybridized carbons (Fsp3) is 0.243. The van der Waals surface area contributed by atoms with Crippen molar-refractivity contribution in [2.45, 2.75) is 49.4 Å². The number of hydrogen-bond acceptors (Lipinski definition) is 6. The Morgan fingerprint density at radius 3 is 2.31 bits per heavy atom. The normalized spacial score (nSPS) is 19.4. The van der Waals surface area contributed by atoms with Gasteiger partial charge in [0.15, 0.2) is 6.29 Å². The van der Waals surface area contributed by atoms with Crippen LogP contribution in [0.15, 0.2) is 126 Å². The maximum Gasteiger partial charge on any atom is 0.261 e. The number of rotatable bonds is 10. The van der Waals surface area contributed by atoms with Crippen LogP contribution in [0.25, 0.3) is 10.8 Å². The maximum atomic E-state index is 13.0. The van der Waals surface area contributed by atoms with Gasteiger partial charge in [-0.15, -0.1) is 0 Å². The number of sulfonamides is 1. The minimum absolute atomic E-state index is 0.0245. The maximum absolute atomic E-state index is 13.0. The van der Waals surface area contributed by atoms with Gasteiger partial charge in [0.1, 0.15) is 0 Å². The SMILES string of the molecule is CC(c1ccc2ccccc2c1)N(C)CC1CC(c2ccc(CO)cc2)OC(c2cccc(NS(=O)(=O)c3ccccc3)c2)O1. The van der Waals surface area contributed by atoms with Gasteiger partial charge < -0.3 is 14.6 Å². The highest BCUT2D eigenvalue weighted by Gasteiger charge is 2.33. The molecule has 8 heteroatoms. The number of aliphatic hydroxyl groups excluding tert-OH is 1. The van der Waals surface area contributed by atoms with Crippen LogP contribution in [0, 0.1) is 0 Å². The van der Waals surface area contributed by atoms with E-state index in [0.29, 0.717) is 18.7 Å². The van der Waals surface area contributed by atoms with Gasteiger partial charge in [-0.05, 0) is 71.8 Å². The number of hydrogen-bond donors (Lipinski definition) is 2. The number of fused-ring (bicyclic) bond motifs is 1. The molecule has 0 amide bonds. The lowest BCUT2D eigenvalue weighted by Crippen LogP contribution is -2.38. The van der Waals surface area contributed by atoms with Gasteiger partial charge in [0.25, 0.3) is 10.0 Å². The fourth-order valence-corrected chi connectivity index (χ4v) is 6.87. The summed E-state index contributed by atoms with van der Waals surface area (Å²) in [5, 5.41) is 12.0. The average molecular weight is 623 g/mol. The second-order valence-electron chi connectivity index (χ2n) is 11.6. The zero-order valence-corrected chi connectivity index (χ0v) is 26.2. The molecule has 0 aromatic heterocycles. The quantitative estimate of drug-likeness (QED) is 0.169. The third-order valence-corrected chi connectivity index (χ3v) is 9.89. The van der Waals surface area contributed by atoms with Crippen LogP contribution in [-0.2, 0) is 26.1 Å². The molecule has 0 spiro atoms. The molecule has 0 aliphatic carbocycles. The van der Waals surface area contributed by atoms with E-state index in [0.717, 1.165) is 16.7 Å². The van der Waals surface area contributed by atoms with Gasteiger partial charge in [0.2, 0.25) is 0 Å². The highest BCUT2D eigenvalue weighted by molar-refractivity contribution is 7.92. The highest BCUT2D eigenvalue weighted by Crippen LogP contribution is 2.39. The average Bonchev–Trinajstić information content (AvgIpc) is 3.08. The van der Waals surface area contributed by atoms with E-state index in [4.69, 9.17) is 9.47 Å².